The average molecular weight is 384 g/mol. The van der Waals surface area contributed by atoms with Gasteiger partial charge in [0.15, 0.2) is 5.69 Å². The summed E-state index contributed by atoms with van der Waals surface area (Å²) >= 11 is 0. The molecule has 2 aromatic carbocycles. The molecule has 1 N–H and O–H groups in total. The van der Waals surface area contributed by atoms with Crippen molar-refractivity contribution in [2.45, 2.75) is 13.8 Å². The van der Waals surface area contributed by atoms with Gasteiger partial charge in [-0.3, -0.25) is 9.78 Å². The van der Waals surface area contributed by atoms with Gasteiger partial charge in [-0.15, -0.1) is 10.2 Å². The van der Waals surface area contributed by atoms with Crippen molar-refractivity contribution in [3.05, 3.63) is 77.5 Å². The van der Waals surface area contributed by atoms with E-state index in [1.807, 2.05) is 55.5 Å². The van der Waals surface area contributed by atoms with Crippen LogP contribution in [0, 0.1) is 13.8 Å². The predicted octanol–water partition coefficient (Wildman–Crippen LogP) is 5.49. The molecule has 6 heteroatoms. The number of rotatable bonds is 3. The van der Waals surface area contributed by atoms with Crippen LogP contribution in [0.25, 0.3) is 22.2 Å². The number of pyridine rings is 1. The summed E-state index contributed by atoms with van der Waals surface area (Å²) in [4.78, 5) is 17.2. The van der Waals surface area contributed by atoms with Gasteiger partial charge in [-0.05, 0) is 38.1 Å². The van der Waals surface area contributed by atoms with Crippen LogP contribution < -0.4 is 0 Å². The number of aromatic hydroxyl groups is 1. The fraction of sp³-hybridized carbons (Fsp3) is 0.130. The lowest BCUT2D eigenvalue weighted by Crippen LogP contribution is -2.00. The molecule has 2 heterocycles. The number of fused-ring (bicyclic) bond motifs is 1. The number of hydrogen-bond acceptors (Lipinski definition) is 4. The van der Waals surface area contributed by atoms with Crippen molar-refractivity contribution in [3.63, 3.8) is 0 Å². The fourth-order valence-corrected chi connectivity index (χ4v) is 3.36. The zero-order valence-corrected chi connectivity index (χ0v) is 16.4. The highest BCUT2D eigenvalue weighted by atomic mass is 16.3. The van der Waals surface area contributed by atoms with E-state index in [-0.39, 0.29) is 11.6 Å². The van der Waals surface area contributed by atoms with Gasteiger partial charge in [-0.25, -0.2) is 0 Å². The molecular weight excluding hydrogens is 364 g/mol. The van der Waals surface area contributed by atoms with Crippen LogP contribution >= 0.6 is 0 Å². The molecule has 0 saturated carbocycles. The molecule has 0 radical (unpaired) electrons. The van der Waals surface area contributed by atoms with Crippen LogP contribution in [0.15, 0.2) is 70.9 Å². The molecule has 4 rings (SSSR count). The van der Waals surface area contributed by atoms with Crippen molar-refractivity contribution in [3.8, 4) is 17.1 Å². The van der Waals surface area contributed by atoms with Crippen LogP contribution in [0.1, 0.15) is 21.6 Å². The molecule has 0 atom stereocenters. The third-order valence-corrected chi connectivity index (χ3v) is 4.92. The molecule has 4 aromatic rings. The summed E-state index contributed by atoms with van der Waals surface area (Å²) < 4.78 is 1.61. The van der Waals surface area contributed by atoms with Crippen LogP contribution in [-0.4, -0.2) is 20.6 Å². The van der Waals surface area contributed by atoms with E-state index in [1.165, 1.54) is 0 Å². The van der Waals surface area contributed by atoms with E-state index in [1.54, 1.807) is 30.7 Å². The van der Waals surface area contributed by atoms with Crippen LogP contribution in [0.5, 0.6) is 5.88 Å². The molecule has 0 bridgehead atoms. The van der Waals surface area contributed by atoms with Gasteiger partial charge < -0.3 is 9.67 Å². The Morgan fingerprint density at radius 2 is 1.83 bits per heavy atom. The number of amides is 1. The van der Waals surface area contributed by atoms with Gasteiger partial charge in [0.25, 0.3) is 5.91 Å². The molecule has 0 unspecified atom stereocenters. The van der Waals surface area contributed by atoms with Crippen molar-refractivity contribution in [2.24, 2.45) is 17.3 Å². The minimum atomic E-state index is -0.502. The second-order valence-corrected chi connectivity index (χ2v) is 6.95. The molecule has 1 amide bonds. The molecule has 2 aromatic heterocycles. The lowest BCUT2D eigenvalue weighted by atomic mass is 10.1. The Hall–Kier alpha value is -3.80. The number of carbonyl (C=O) groups excluding carboxylic acids is 1. The van der Waals surface area contributed by atoms with E-state index >= 15 is 0 Å². The average Bonchev–Trinajstić information content (AvgIpc) is 2.96. The lowest BCUT2D eigenvalue weighted by Gasteiger charge is -2.06. The van der Waals surface area contributed by atoms with Gasteiger partial charge in [0.2, 0.25) is 5.88 Å². The summed E-state index contributed by atoms with van der Waals surface area (Å²) in [6.07, 6.45) is 0. The predicted molar refractivity (Wildman–Crippen MR) is 113 cm³/mol. The highest BCUT2D eigenvalue weighted by Crippen LogP contribution is 2.37. The second-order valence-electron chi connectivity index (χ2n) is 6.95. The number of benzene rings is 2. The van der Waals surface area contributed by atoms with Crippen LogP contribution in [0.2, 0.25) is 0 Å². The minimum absolute atomic E-state index is 0.0348. The third kappa shape index (κ3) is 3.40. The van der Waals surface area contributed by atoms with E-state index in [2.05, 4.69) is 15.2 Å². The normalized spacial score (nSPS) is 11.4. The summed E-state index contributed by atoms with van der Waals surface area (Å²) in [6.45, 7) is 3.80. The Morgan fingerprint density at radius 3 is 2.59 bits per heavy atom. The van der Waals surface area contributed by atoms with Crippen LogP contribution in [-0.2, 0) is 7.05 Å². The van der Waals surface area contributed by atoms with E-state index in [4.69, 9.17) is 0 Å². The van der Waals surface area contributed by atoms with Gasteiger partial charge in [-0.2, -0.15) is 0 Å². The van der Waals surface area contributed by atoms with E-state index in [0.717, 1.165) is 27.7 Å². The number of aryl methyl sites for hydroxylation is 3. The number of nitrogens with zero attached hydrogens (tertiary/aromatic N) is 4. The maximum atomic E-state index is 12.6. The Morgan fingerprint density at radius 1 is 1.03 bits per heavy atom. The molecule has 6 nitrogen and oxygen atoms in total. The zero-order valence-electron chi connectivity index (χ0n) is 16.4. The third-order valence-electron chi connectivity index (χ3n) is 4.92. The molecule has 0 aliphatic heterocycles. The summed E-state index contributed by atoms with van der Waals surface area (Å²) in [5, 5.41) is 18.9. The number of aromatic nitrogens is 2. The zero-order chi connectivity index (χ0) is 20.5. The number of para-hydroxylation sites is 1. The largest absolute Gasteiger partial charge is 0.493 e. The quantitative estimate of drug-likeness (QED) is 0.475. The molecule has 0 aliphatic rings. The maximum Gasteiger partial charge on any atom is 0.297 e. The SMILES string of the molecule is Cc1cccc(-c2ccc(C(=O)N=Nc3c(O)n(C)c4ccccc34)c(C)n2)c1. The monoisotopic (exact) mass is 384 g/mol. The Balaban J connectivity index is 1.65. The van der Waals surface area contributed by atoms with E-state index in [0.29, 0.717) is 11.3 Å². The first-order chi connectivity index (χ1) is 14.0. The summed E-state index contributed by atoms with van der Waals surface area (Å²) in [5.41, 5.74) is 4.98. The van der Waals surface area contributed by atoms with Gasteiger partial charge in [0, 0.05) is 18.0 Å². The molecule has 144 valence electrons. The smallest absolute Gasteiger partial charge is 0.297 e. The summed E-state index contributed by atoms with van der Waals surface area (Å²) in [6, 6.07) is 19.0. The number of azo groups is 1. The van der Waals surface area contributed by atoms with Gasteiger partial charge >= 0.3 is 0 Å². The van der Waals surface area contributed by atoms with E-state index < -0.39 is 5.91 Å². The number of carbonyl (C=O) groups is 1. The Labute approximate surface area is 168 Å². The molecule has 0 saturated heterocycles. The van der Waals surface area contributed by atoms with Gasteiger partial charge in [0.05, 0.1) is 22.5 Å². The molecule has 0 aliphatic carbocycles. The minimum Gasteiger partial charge on any atom is -0.493 e. The van der Waals surface area contributed by atoms with Crippen LogP contribution in [0.4, 0.5) is 5.69 Å². The highest BCUT2D eigenvalue weighted by molar-refractivity contribution is 5.98. The first kappa shape index (κ1) is 18.6. The topological polar surface area (TPSA) is 79.8 Å². The standard InChI is InChI=1S/C23H20N4O2/c1-14-7-6-8-16(13-14)19-12-11-17(15(2)24-19)22(28)26-25-21-18-9-4-5-10-20(18)27(3)23(21)29/h4-13,29H,1-3H3. The Bertz CT molecular complexity index is 1270. The molecule has 0 fully saturated rings. The molecule has 29 heavy (non-hydrogen) atoms. The first-order valence-electron chi connectivity index (χ1n) is 9.23. The summed E-state index contributed by atoms with van der Waals surface area (Å²) in [5.74, 6) is -0.537. The van der Waals surface area contributed by atoms with Crippen LogP contribution in [0.3, 0.4) is 0 Å². The van der Waals surface area contributed by atoms with Crippen molar-refractivity contribution >= 4 is 22.5 Å². The highest BCUT2D eigenvalue weighted by Gasteiger charge is 2.15. The number of hydrogen-bond donors (Lipinski definition) is 1. The van der Waals surface area contributed by atoms with Gasteiger partial charge in [-0.1, -0.05) is 42.0 Å². The second kappa shape index (κ2) is 7.31. The first-order valence-corrected chi connectivity index (χ1v) is 9.23. The Kier molecular flexibility index (Phi) is 4.68. The molecular formula is C23H20N4O2. The van der Waals surface area contributed by atoms with E-state index in [9.17, 15) is 9.90 Å². The maximum absolute atomic E-state index is 12.6. The van der Waals surface area contributed by atoms with Crippen molar-refractivity contribution < 1.29 is 9.90 Å². The lowest BCUT2D eigenvalue weighted by molar-refractivity contribution is 0.0994. The van der Waals surface area contributed by atoms with Crippen molar-refractivity contribution in [2.75, 3.05) is 0 Å². The summed E-state index contributed by atoms with van der Waals surface area (Å²) in [7, 11) is 1.73. The van der Waals surface area contributed by atoms with Gasteiger partial charge in [0.1, 0.15) is 0 Å². The molecule has 0 spiro atoms. The fourth-order valence-electron chi connectivity index (χ4n) is 3.36. The van der Waals surface area contributed by atoms with Crippen molar-refractivity contribution in [1.29, 1.82) is 0 Å². The van der Waals surface area contributed by atoms with Crippen molar-refractivity contribution in [1.82, 2.24) is 9.55 Å².